The van der Waals surface area contributed by atoms with E-state index in [0.29, 0.717) is 23.8 Å². The van der Waals surface area contributed by atoms with Gasteiger partial charge in [-0.2, -0.15) is 0 Å². The lowest BCUT2D eigenvalue weighted by molar-refractivity contribution is 0.149. The van der Waals surface area contributed by atoms with E-state index in [1.165, 1.54) is 30.4 Å². The molecule has 4 nitrogen and oxygen atoms in total. The fourth-order valence-corrected chi connectivity index (χ4v) is 4.12. The molecule has 0 heterocycles. The van der Waals surface area contributed by atoms with Crippen LogP contribution in [0.1, 0.15) is 36.8 Å². The number of amides is 2. The molecular weight excluding hydrogens is 276 g/mol. The molecule has 3 N–H and O–H groups in total. The van der Waals surface area contributed by atoms with Crippen molar-refractivity contribution < 1.29 is 9.90 Å². The highest BCUT2D eigenvalue weighted by Crippen LogP contribution is 2.61. The normalized spacial score (nSPS) is 30.0. The summed E-state index contributed by atoms with van der Waals surface area (Å²) < 4.78 is 0. The first-order valence-corrected chi connectivity index (χ1v) is 8.47. The van der Waals surface area contributed by atoms with E-state index >= 15 is 0 Å². The molecule has 3 aliphatic carbocycles. The van der Waals surface area contributed by atoms with Crippen LogP contribution in [0.5, 0.6) is 0 Å². The largest absolute Gasteiger partial charge is 0.391 e. The molecule has 118 valence electrons. The molecule has 3 atom stereocenters. The van der Waals surface area contributed by atoms with E-state index in [4.69, 9.17) is 0 Å². The third kappa shape index (κ3) is 2.50. The number of hydrogen-bond acceptors (Lipinski definition) is 2. The molecule has 2 fully saturated rings. The summed E-state index contributed by atoms with van der Waals surface area (Å²) in [5.41, 5.74) is 3.32. The van der Waals surface area contributed by atoms with Crippen LogP contribution in [0.2, 0.25) is 0 Å². The molecule has 22 heavy (non-hydrogen) atoms. The number of carbonyl (C=O) groups excluding carboxylic acids is 1. The first-order chi connectivity index (χ1) is 10.7. The smallest absolute Gasteiger partial charge is 0.314 e. The van der Waals surface area contributed by atoms with Crippen LogP contribution in [0, 0.1) is 11.8 Å². The number of nitrogens with one attached hydrogen (secondary N) is 2. The quantitative estimate of drug-likeness (QED) is 0.778. The van der Waals surface area contributed by atoms with Crippen LogP contribution < -0.4 is 10.6 Å². The number of rotatable bonds is 5. The molecule has 0 radical (unpaired) electrons. The average molecular weight is 300 g/mol. The maximum Gasteiger partial charge on any atom is 0.314 e. The molecule has 0 aliphatic heterocycles. The monoisotopic (exact) mass is 300 g/mol. The van der Waals surface area contributed by atoms with Gasteiger partial charge < -0.3 is 15.7 Å². The summed E-state index contributed by atoms with van der Waals surface area (Å²) in [6, 6.07) is 8.59. The Hall–Kier alpha value is -1.55. The van der Waals surface area contributed by atoms with Crippen molar-refractivity contribution >= 4 is 6.03 Å². The van der Waals surface area contributed by atoms with Crippen molar-refractivity contribution in [1.82, 2.24) is 10.6 Å². The van der Waals surface area contributed by atoms with Crippen molar-refractivity contribution in [1.29, 1.82) is 0 Å². The number of fused-ring (bicyclic) bond motifs is 2. The van der Waals surface area contributed by atoms with Crippen LogP contribution in [0.15, 0.2) is 24.3 Å². The Morgan fingerprint density at radius 2 is 2.14 bits per heavy atom. The number of hydrogen-bond donors (Lipinski definition) is 3. The Bertz CT molecular complexity index is 584. The number of urea groups is 1. The summed E-state index contributed by atoms with van der Waals surface area (Å²) in [5, 5.41) is 15.5. The van der Waals surface area contributed by atoms with Gasteiger partial charge in [-0.15, -0.1) is 0 Å². The number of aryl methyl sites for hydroxylation is 1. The highest BCUT2D eigenvalue weighted by molar-refractivity contribution is 5.74. The zero-order chi connectivity index (χ0) is 15.2. The second-order valence-corrected chi connectivity index (χ2v) is 7.21. The molecule has 1 spiro atoms. The van der Waals surface area contributed by atoms with Crippen LogP contribution in [0.3, 0.4) is 0 Å². The van der Waals surface area contributed by atoms with Crippen LogP contribution in [0.25, 0.3) is 0 Å². The van der Waals surface area contributed by atoms with Gasteiger partial charge in [-0.25, -0.2) is 4.79 Å². The van der Waals surface area contributed by atoms with Gasteiger partial charge in [0.25, 0.3) is 0 Å². The molecule has 0 saturated heterocycles. The zero-order valence-corrected chi connectivity index (χ0v) is 12.8. The Kier molecular flexibility index (Phi) is 3.37. The van der Waals surface area contributed by atoms with Crippen molar-refractivity contribution in [3.05, 3.63) is 35.4 Å². The van der Waals surface area contributed by atoms with Gasteiger partial charge in [0.15, 0.2) is 0 Å². The molecule has 3 aliphatic rings. The van der Waals surface area contributed by atoms with E-state index in [1.807, 2.05) is 0 Å². The molecule has 1 aromatic carbocycles. The van der Waals surface area contributed by atoms with Gasteiger partial charge in [-0.1, -0.05) is 24.3 Å². The number of aliphatic hydroxyl groups is 1. The maximum atomic E-state index is 11.8. The molecule has 0 aromatic heterocycles. The number of benzene rings is 1. The van der Waals surface area contributed by atoms with Gasteiger partial charge in [-0.3, -0.25) is 0 Å². The van der Waals surface area contributed by atoms with Gasteiger partial charge in [0.1, 0.15) is 0 Å². The average Bonchev–Trinajstić information content (AvgIpc) is 3.42. The Labute approximate surface area is 131 Å². The molecule has 2 amide bonds. The first kappa shape index (κ1) is 14.1. The van der Waals surface area contributed by atoms with Crippen molar-refractivity contribution in [3.8, 4) is 0 Å². The molecular formula is C18H24N2O2. The molecule has 0 bridgehead atoms. The van der Waals surface area contributed by atoms with Crippen molar-refractivity contribution in [2.45, 2.75) is 43.6 Å². The Morgan fingerprint density at radius 3 is 2.95 bits per heavy atom. The van der Waals surface area contributed by atoms with Crippen molar-refractivity contribution in [2.75, 3.05) is 13.1 Å². The second-order valence-electron chi connectivity index (χ2n) is 7.21. The lowest BCUT2D eigenvalue weighted by Crippen LogP contribution is -2.41. The van der Waals surface area contributed by atoms with E-state index in [0.717, 1.165) is 19.4 Å². The second kappa shape index (κ2) is 5.27. The van der Waals surface area contributed by atoms with Crippen molar-refractivity contribution in [2.24, 2.45) is 11.8 Å². The van der Waals surface area contributed by atoms with E-state index in [9.17, 15) is 9.90 Å². The maximum absolute atomic E-state index is 11.8. The summed E-state index contributed by atoms with van der Waals surface area (Å²) in [6.45, 7) is 1.11. The van der Waals surface area contributed by atoms with Crippen LogP contribution in [-0.2, 0) is 11.8 Å². The Morgan fingerprint density at radius 1 is 1.32 bits per heavy atom. The van der Waals surface area contributed by atoms with Gasteiger partial charge in [-0.05, 0) is 55.1 Å². The summed E-state index contributed by atoms with van der Waals surface area (Å²) in [5.74, 6) is 0.970. The Balaban J connectivity index is 1.25. The summed E-state index contributed by atoms with van der Waals surface area (Å²) in [6.07, 6.45) is 5.39. The highest BCUT2D eigenvalue weighted by atomic mass is 16.3. The molecule has 1 aromatic rings. The minimum atomic E-state index is -0.375. The van der Waals surface area contributed by atoms with Crippen LogP contribution in [-0.4, -0.2) is 30.3 Å². The summed E-state index contributed by atoms with van der Waals surface area (Å²) in [4.78, 5) is 11.8. The van der Waals surface area contributed by atoms with E-state index in [2.05, 4.69) is 34.9 Å². The highest BCUT2D eigenvalue weighted by Gasteiger charge is 2.57. The van der Waals surface area contributed by atoms with Gasteiger partial charge >= 0.3 is 6.03 Å². The zero-order valence-electron chi connectivity index (χ0n) is 12.8. The number of aliphatic hydroxyl groups excluding tert-OH is 1. The SMILES string of the molecule is O=C(NC[C@@H]1C[C@@]12CCc1ccccc12)NC[C@H](O)C1CC1. The minimum Gasteiger partial charge on any atom is -0.391 e. The molecule has 4 rings (SSSR count). The van der Waals surface area contributed by atoms with Gasteiger partial charge in [0.2, 0.25) is 0 Å². The summed E-state index contributed by atoms with van der Waals surface area (Å²) >= 11 is 0. The van der Waals surface area contributed by atoms with E-state index in [-0.39, 0.29) is 12.1 Å². The summed E-state index contributed by atoms with van der Waals surface area (Å²) in [7, 11) is 0. The molecule has 0 unspecified atom stereocenters. The lowest BCUT2D eigenvalue weighted by Gasteiger charge is -2.14. The predicted octanol–water partition coefficient (Wildman–Crippen LogP) is 1.96. The van der Waals surface area contributed by atoms with Gasteiger partial charge in [0, 0.05) is 18.5 Å². The minimum absolute atomic E-state index is 0.145. The van der Waals surface area contributed by atoms with Crippen LogP contribution in [0.4, 0.5) is 4.79 Å². The van der Waals surface area contributed by atoms with E-state index in [1.54, 1.807) is 0 Å². The fourth-order valence-electron chi connectivity index (χ4n) is 4.12. The fraction of sp³-hybridized carbons (Fsp3) is 0.611. The third-order valence-electron chi connectivity index (χ3n) is 5.77. The lowest BCUT2D eigenvalue weighted by atomic mass is 9.95. The molecule has 2 saturated carbocycles. The van der Waals surface area contributed by atoms with Gasteiger partial charge in [0.05, 0.1) is 6.10 Å². The van der Waals surface area contributed by atoms with E-state index < -0.39 is 0 Å². The third-order valence-corrected chi connectivity index (χ3v) is 5.77. The standard InChI is InChI=1S/C18H24N2O2/c21-16(13-5-6-13)11-20-17(22)19-10-14-9-18(14)8-7-12-3-1-2-4-15(12)18/h1-4,13-14,16,21H,5-11H2,(H2,19,20,22)/t14-,16-,18-/m0/s1. The number of carbonyl (C=O) groups is 1. The molecule has 4 heteroatoms. The van der Waals surface area contributed by atoms with Crippen LogP contribution >= 0.6 is 0 Å². The van der Waals surface area contributed by atoms with Crippen molar-refractivity contribution in [3.63, 3.8) is 0 Å². The predicted molar refractivity (Wildman–Crippen MR) is 84.7 cm³/mol. The topological polar surface area (TPSA) is 61.4 Å². The first-order valence-electron chi connectivity index (χ1n) is 8.47.